The van der Waals surface area contributed by atoms with Crippen LogP contribution >= 0.6 is 0 Å². The van der Waals surface area contributed by atoms with Gasteiger partial charge in [0.25, 0.3) is 0 Å². The molecule has 11 aromatic carbocycles. The zero-order valence-electron chi connectivity index (χ0n) is 32.0. The van der Waals surface area contributed by atoms with Crippen molar-refractivity contribution in [3.05, 3.63) is 180 Å². The molecule has 2 aliphatic carbocycles. The van der Waals surface area contributed by atoms with E-state index in [2.05, 4.69) is 185 Å². The lowest BCUT2D eigenvalue weighted by molar-refractivity contribution is 0.652. The van der Waals surface area contributed by atoms with Crippen molar-refractivity contribution < 1.29 is 0 Å². The van der Waals surface area contributed by atoms with E-state index < -0.39 is 0 Å². The molecule has 0 bridgehead atoms. The van der Waals surface area contributed by atoms with E-state index in [-0.39, 0.29) is 10.8 Å². The lowest BCUT2D eigenvalue weighted by atomic mass is 9.78. The highest BCUT2D eigenvalue weighted by molar-refractivity contribution is 6.26. The van der Waals surface area contributed by atoms with Crippen LogP contribution in [0.1, 0.15) is 49.9 Å². The standard InChI is InChI=1S/C56H38/c1-55(2)47-27-37(39-21-15-35-13-11-31-7-5-9-33-17-25-43(39)53(35)51(31)33)19-23-41(47)45-30-50-46(29-49(45)55)42-24-20-38(28-48(42)56(50,3)4)40-22-16-36-14-12-32-8-6-10-34-18-26-44(40)54(36)52(32)34/h5-30H,1-4H3. The second-order valence-electron chi connectivity index (χ2n) is 17.7. The summed E-state index contributed by atoms with van der Waals surface area (Å²) in [5.74, 6) is 0. The summed E-state index contributed by atoms with van der Waals surface area (Å²) in [5.41, 5.74) is 16.2. The van der Waals surface area contributed by atoms with Crippen molar-refractivity contribution in [1.29, 1.82) is 0 Å². The molecule has 0 atom stereocenters. The molecule has 0 nitrogen and oxygen atoms in total. The van der Waals surface area contributed by atoms with Gasteiger partial charge in [-0.05, 0) is 156 Å². The molecule has 262 valence electrons. The molecule has 0 aliphatic heterocycles. The van der Waals surface area contributed by atoms with Crippen LogP contribution in [0.5, 0.6) is 0 Å². The van der Waals surface area contributed by atoms with Gasteiger partial charge in [-0.1, -0.05) is 161 Å². The van der Waals surface area contributed by atoms with E-state index >= 15 is 0 Å². The summed E-state index contributed by atoms with van der Waals surface area (Å²) in [6.07, 6.45) is 0. The monoisotopic (exact) mass is 710 g/mol. The van der Waals surface area contributed by atoms with Gasteiger partial charge in [0, 0.05) is 10.8 Å². The van der Waals surface area contributed by atoms with Crippen LogP contribution in [0.15, 0.2) is 158 Å². The van der Waals surface area contributed by atoms with Crippen LogP contribution in [0.2, 0.25) is 0 Å². The summed E-state index contributed by atoms with van der Waals surface area (Å²) in [4.78, 5) is 0. The van der Waals surface area contributed by atoms with Gasteiger partial charge in [-0.15, -0.1) is 0 Å². The van der Waals surface area contributed by atoms with Crippen molar-refractivity contribution in [3.63, 3.8) is 0 Å². The summed E-state index contributed by atoms with van der Waals surface area (Å²) in [7, 11) is 0. The van der Waals surface area contributed by atoms with Gasteiger partial charge < -0.3 is 0 Å². The number of benzene rings is 11. The smallest absolute Gasteiger partial charge is 0.0159 e. The summed E-state index contributed by atoms with van der Waals surface area (Å²) < 4.78 is 0. The van der Waals surface area contributed by atoms with Gasteiger partial charge in [0.05, 0.1) is 0 Å². The van der Waals surface area contributed by atoms with Crippen molar-refractivity contribution >= 4 is 64.6 Å². The maximum absolute atomic E-state index is 2.55. The molecule has 11 aromatic rings. The van der Waals surface area contributed by atoms with Gasteiger partial charge in [0.1, 0.15) is 0 Å². The SMILES string of the molecule is CC1(C)c2cc(-c3ccc4ccc5cccc6ccc3c4c56)ccc2-c2cc3c(cc21)-c1ccc(-c2ccc4ccc5cccc6ccc2c4c56)cc1C3(C)C. The first-order valence-electron chi connectivity index (χ1n) is 20.1. The van der Waals surface area contributed by atoms with E-state index in [1.54, 1.807) is 0 Å². The molecular formula is C56H38. The lowest BCUT2D eigenvalue weighted by Crippen LogP contribution is -2.17. The fraction of sp³-hybridized carbons (Fsp3) is 0.107. The van der Waals surface area contributed by atoms with Crippen LogP contribution in [0, 0.1) is 0 Å². The fourth-order valence-electron chi connectivity index (χ4n) is 11.3. The average molecular weight is 711 g/mol. The van der Waals surface area contributed by atoms with E-state index in [1.807, 2.05) is 0 Å². The van der Waals surface area contributed by atoms with Crippen molar-refractivity contribution in [2.75, 3.05) is 0 Å². The molecule has 0 unspecified atom stereocenters. The Hall–Kier alpha value is -6.50. The summed E-state index contributed by atoms with van der Waals surface area (Å²) in [6.45, 7) is 9.71. The number of fused-ring (bicyclic) bond motifs is 6. The molecule has 13 rings (SSSR count). The van der Waals surface area contributed by atoms with Crippen LogP contribution in [0.3, 0.4) is 0 Å². The molecule has 0 spiro atoms. The van der Waals surface area contributed by atoms with Gasteiger partial charge in [0.2, 0.25) is 0 Å². The quantitative estimate of drug-likeness (QED) is 0.157. The van der Waals surface area contributed by atoms with Crippen LogP contribution in [-0.2, 0) is 10.8 Å². The average Bonchev–Trinajstić information content (AvgIpc) is 3.59. The second kappa shape index (κ2) is 10.2. The van der Waals surface area contributed by atoms with Gasteiger partial charge in [0.15, 0.2) is 0 Å². The predicted octanol–water partition coefficient (Wildman–Crippen LogP) is 15.4. The topological polar surface area (TPSA) is 0 Å². The van der Waals surface area contributed by atoms with E-state index in [9.17, 15) is 0 Å². The summed E-state index contributed by atoms with van der Waals surface area (Å²) in [6, 6.07) is 60.6. The Bertz CT molecular complexity index is 3250. The van der Waals surface area contributed by atoms with Crippen molar-refractivity contribution in [2.45, 2.75) is 38.5 Å². The number of hydrogen-bond donors (Lipinski definition) is 0. The van der Waals surface area contributed by atoms with E-state index in [0.717, 1.165) is 0 Å². The predicted molar refractivity (Wildman–Crippen MR) is 240 cm³/mol. The second-order valence-corrected chi connectivity index (χ2v) is 17.7. The zero-order chi connectivity index (χ0) is 37.2. The Labute approximate surface area is 326 Å². The highest BCUT2D eigenvalue weighted by atomic mass is 14.4. The first-order chi connectivity index (χ1) is 27.3. The summed E-state index contributed by atoms with van der Waals surface area (Å²) >= 11 is 0. The Morgan fingerprint density at radius 2 is 0.589 bits per heavy atom. The third-order valence-corrected chi connectivity index (χ3v) is 14.1. The van der Waals surface area contributed by atoms with Gasteiger partial charge in [-0.2, -0.15) is 0 Å². The molecule has 0 saturated heterocycles. The van der Waals surface area contributed by atoms with E-state index in [4.69, 9.17) is 0 Å². The minimum Gasteiger partial charge on any atom is -0.0610 e. The first-order valence-corrected chi connectivity index (χ1v) is 20.1. The fourth-order valence-corrected chi connectivity index (χ4v) is 11.3. The molecule has 0 amide bonds. The summed E-state index contributed by atoms with van der Waals surface area (Å²) in [5, 5.41) is 16.0. The molecule has 0 fully saturated rings. The van der Waals surface area contributed by atoms with Crippen molar-refractivity contribution in [3.8, 4) is 44.5 Å². The lowest BCUT2D eigenvalue weighted by Gasteiger charge is -2.24. The maximum Gasteiger partial charge on any atom is 0.0159 e. The zero-order valence-corrected chi connectivity index (χ0v) is 32.0. The van der Waals surface area contributed by atoms with Crippen molar-refractivity contribution in [2.24, 2.45) is 0 Å². The third-order valence-electron chi connectivity index (χ3n) is 14.1. The molecule has 2 aliphatic rings. The Morgan fingerprint density at radius 3 is 1.00 bits per heavy atom. The number of rotatable bonds is 2. The normalized spacial score (nSPS) is 15.1. The maximum atomic E-state index is 2.55. The Morgan fingerprint density at radius 1 is 0.268 bits per heavy atom. The molecule has 0 saturated carbocycles. The largest absolute Gasteiger partial charge is 0.0610 e. The van der Waals surface area contributed by atoms with Gasteiger partial charge in [-0.3, -0.25) is 0 Å². The number of hydrogen-bond acceptors (Lipinski definition) is 0. The Balaban J connectivity index is 0.936. The van der Waals surface area contributed by atoms with Crippen LogP contribution in [0.4, 0.5) is 0 Å². The highest BCUT2D eigenvalue weighted by Gasteiger charge is 2.42. The minimum absolute atomic E-state index is 0.131. The first kappa shape index (κ1) is 30.8. The molecule has 0 aromatic heterocycles. The molecule has 0 radical (unpaired) electrons. The van der Waals surface area contributed by atoms with Crippen molar-refractivity contribution in [1.82, 2.24) is 0 Å². The molecule has 0 N–H and O–H groups in total. The van der Waals surface area contributed by atoms with E-state index in [1.165, 1.54) is 131 Å². The van der Waals surface area contributed by atoms with Crippen LogP contribution in [-0.4, -0.2) is 0 Å². The van der Waals surface area contributed by atoms with Gasteiger partial charge in [-0.25, -0.2) is 0 Å². The molecule has 0 heteroatoms. The Kier molecular flexibility index (Phi) is 5.62. The van der Waals surface area contributed by atoms with E-state index in [0.29, 0.717) is 0 Å². The third kappa shape index (κ3) is 3.75. The minimum atomic E-state index is -0.131. The molecule has 56 heavy (non-hydrogen) atoms. The molecule has 0 heterocycles. The van der Waals surface area contributed by atoms with Gasteiger partial charge >= 0.3 is 0 Å². The van der Waals surface area contributed by atoms with Crippen LogP contribution in [0.25, 0.3) is 109 Å². The molecular weight excluding hydrogens is 673 g/mol. The highest BCUT2D eigenvalue weighted by Crippen LogP contribution is 2.57. The van der Waals surface area contributed by atoms with Crippen LogP contribution < -0.4 is 0 Å².